The Morgan fingerprint density at radius 2 is 1.80 bits per heavy atom. The Bertz CT molecular complexity index is 795. The maximum atomic E-state index is 13.5. The molecule has 0 bridgehead atoms. The summed E-state index contributed by atoms with van der Waals surface area (Å²) in [6, 6.07) is 12.9. The molecule has 3 N–H and O–H groups in total. The highest BCUT2D eigenvalue weighted by Gasteiger charge is 2.19. The standard InChI is InChI=1S/C15H11FN2O2/c16-10-6-2-3-7-11(10)18-15(19)14-13(17)9-5-1-4-8-12(9)20-14/h1-8H,17H2,(H,18,19). The molecule has 0 fully saturated rings. The molecular weight excluding hydrogens is 259 g/mol. The molecule has 0 saturated heterocycles. The van der Waals surface area contributed by atoms with Gasteiger partial charge in [0.05, 0.1) is 11.4 Å². The SMILES string of the molecule is Nc1c(C(=O)Nc2ccccc2F)oc2ccccc12. The summed E-state index contributed by atoms with van der Waals surface area (Å²) in [7, 11) is 0. The first-order valence-corrected chi connectivity index (χ1v) is 5.99. The molecule has 5 heteroatoms. The first-order valence-electron chi connectivity index (χ1n) is 5.99. The van der Waals surface area contributed by atoms with Crippen molar-refractivity contribution in [3.63, 3.8) is 0 Å². The molecule has 0 aliphatic rings. The number of carbonyl (C=O) groups is 1. The van der Waals surface area contributed by atoms with Gasteiger partial charge in [0.1, 0.15) is 11.4 Å². The third kappa shape index (κ3) is 1.99. The van der Waals surface area contributed by atoms with E-state index in [1.807, 2.05) is 0 Å². The Kier molecular flexibility index (Phi) is 2.87. The highest BCUT2D eigenvalue weighted by atomic mass is 19.1. The predicted octanol–water partition coefficient (Wildman–Crippen LogP) is 3.41. The van der Waals surface area contributed by atoms with Gasteiger partial charge in [-0.25, -0.2) is 4.39 Å². The number of para-hydroxylation sites is 2. The van der Waals surface area contributed by atoms with Crippen molar-refractivity contribution in [1.82, 2.24) is 0 Å². The lowest BCUT2D eigenvalue weighted by Crippen LogP contribution is -2.13. The van der Waals surface area contributed by atoms with Crippen LogP contribution in [0.4, 0.5) is 15.8 Å². The molecule has 4 nitrogen and oxygen atoms in total. The molecule has 3 rings (SSSR count). The number of halogens is 1. The normalized spacial score (nSPS) is 10.7. The van der Waals surface area contributed by atoms with Crippen LogP contribution >= 0.6 is 0 Å². The lowest BCUT2D eigenvalue weighted by Gasteiger charge is -2.04. The first kappa shape index (κ1) is 12.2. The maximum absolute atomic E-state index is 13.5. The summed E-state index contributed by atoms with van der Waals surface area (Å²) in [5.41, 5.74) is 6.73. The first-order chi connectivity index (χ1) is 9.66. The summed E-state index contributed by atoms with van der Waals surface area (Å²) < 4.78 is 18.9. The van der Waals surface area contributed by atoms with Crippen LogP contribution in [-0.2, 0) is 0 Å². The molecule has 100 valence electrons. The fourth-order valence-corrected chi connectivity index (χ4v) is 1.98. The lowest BCUT2D eigenvalue weighted by atomic mass is 10.2. The van der Waals surface area contributed by atoms with Crippen molar-refractivity contribution < 1.29 is 13.6 Å². The van der Waals surface area contributed by atoms with Gasteiger partial charge in [0, 0.05) is 5.39 Å². The summed E-state index contributed by atoms with van der Waals surface area (Å²) in [6.07, 6.45) is 0. The zero-order valence-corrected chi connectivity index (χ0v) is 10.4. The van der Waals surface area contributed by atoms with E-state index < -0.39 is 11.7 Å². The number of anilines is 2. The molecule has 0 radical (unpaired) electrons. The fourth-order valence-electron chi connectivity index (χ4n) is 1.98. The van der Waals surface area contributed by atoms with Crippen LogP contribution in [0.5, 0.6) is 0 Å². The summed E-state index contributed by atoms with van der Waals surface area (Å²) in [4.78, 5) is 12.1. The Labute approximate surface area is 114 Å². The highest BCUT2D eigenvalue weighted by molar-refractivity contribution is 6.10. The number of nitrogens with one attached hydrogen (secondary N) is 1. The number of benzene rings is 2. The van der Waals surface area contributed by atoms with Gasteiger partial charge in [-0.3, -0.25) is 4.79 Å². The fraction of sp³-hybridized carbons (Fsp3) is 0. The van der Waals surface area contributed by atoms with E-state index in [-0.39, 0.29) is 17.1 Å². The van der Waals surface area contributed by atoms with E-state index in [1.165, 1.54) is 12.1 Å². The minimum Gasteiger partial charge on any atom is -0.449 e. The summed E-state index contributed by atoms with van der Waals surface area (Å²) >= 11 is 0. The van der Waals surface area contributed by atoms with E-state index in [0.29, 0.717) is 11.0 Å². The van der Waals surface area contributed by atoms with Gasteiger partial charge in [-0.15, -0.1) is 0 Å². The molecule has 0 unspecified atom stereocenters. The van der Waals surface area contributed by atoms with Gasteiger partial charge in [0.2, 0.25) is 5.76 Å². The van der Waals surface area contributed by atoms with Crippen LogP contribution in [0, 0.1) is 5.82 Å². The van der Waals surface area contributed by atoms with Gasteiger partial charge in [0.15, 0.2) is 0 Å². The Balaban J connectivity index is 1.97. The number of fused-ring (bicyclic) bond motifs is 1. The molecule has 0 atom stereocenters. The lowest BCUT2D eigenvalue weighted by molar-refractivity contribution is 0.0999. The van der Waals surface area contributed by atoms with E-state index in [4.69, 9.17) is 10.2 Å². The van der Waals surface area contributed by atoms with Crippen LogP contribution in [0.25, 0.3) is 11.0 Å². The highest BCUT2D eigenvalue weighted by Crippen LogP contribution is 2.28. The Morgan fingerprint density at radius 3 is 2.55 bits per heavy atom. The molecule has 0 aliphatic carbocycles. The average molecular weight is 270 g/mol. The van der Waals surface area contributed by atoms with Crippen LogP contribution < -0.4 is 11.1 Å². The molecular formula is C15H11FN2O2. The van der Waals surface area contributed by atoms with E-state index >= 15 is 0 Å². The number of rotatable bonds is 2. The van der Waals surface area contributed by atoms with Crippen molar-refractivity contribution in [2.75, 3.05) is 11.1 Å². The quantitative estimate of drug-likeness (QED) is 0.749. The number of nitrogens with two attached hydrogens (primary N) is 1. The van der Waals surface area contributed by atoms with Crippen LogP contribution in [-0.4, -0.2) is 5.91 Å². The number of carbonyl (C=O) groups excluding carboxylic acids is 1. The van der Waals surface area contributed by atoms with Crippen LogP contribution in [0.1, 0.15) is 10.6 Å². The van der Waals surface area contributed by atoms with E-state index in [0.717, 1.165) is 0 Å². The van der Waals surface area contributed by atoms with Crippen molar-refractivity contribution in [3.8, 4) is 0 Å². The van der Waals surface area contributed by atoms with Gasteiger partial charge in [-0.05, 0) is 24.3 Å². The number of hydrogen-bond donors (Lipinski definition) is 2. The van der Waals surface area contributed by atoms with Gasteiger partial charge in [-0.2, -0.15) is 0 Å². The van der Waals surface area contributed by atoms with Crippen molar-refractivity contribution in [2.24, 2.45) is 0 Å². The topological polar surface area (TPSA) is 68.3 Å². The third-order valence-corrected chi connectivity index (χ3v) is 2.96. The molecule has 1 amide bonds. The average Bonchev–Trinajstić information content (AvgIpc) is 2.79. The van der Waals surface area contributed by atoms with Crippen LogP contribution in [0.2, 0.25) is 0 Å². The summed E-state index contributed by atoms with van der Waals surface area (Å²) in [5.74, 6) is -1.12. The molecule has 1 aromatic heterocycles. The molecule has 0 aliphatic heterocycles. The van der Waals surface area contributed by atoms with Crippen molar-refractivity contribution >= 4 is 28.3 Å². The number of amides is 1. The van der Waals surface area contributed by atoms with Gasteiger partial charge >= 0.3 is 0 Å². The summed E-state index contributed by atoms with van der Waals surface area (Å²) in [5, 5.41) is 3.10. The Morgan fingerprint density at radius 1 is 1.10 bits per heavy atom. The molecule has 3 aromatic rings. The molecule has 20 heavy (non-hydrogen) atoms. The monoisotopic (exact) mass is 270 g/mol. The largest absolute Gasteiger partial charge is 0.449 e. The minimum absolute atomic E-state index is 0.0190. The second kappa shape index (κ2) is 4.70. The minimum atomic E-state index is -0.580. The van der Waals surface area contributed by atoms with Gasteiger partial charge in [0.25, 0.3) is 5.91 Å². The zero-order valence-electron chi connectivity index (χ0n) is 10.4. The maximum Gasteiger partial charge on any atom is 0.293 e. The number of nitrogen functional groups attached to an aromatic ring is 1. The van der Waals surface area contributed by atoms with E-state index in [2.05, 4.69) is 5.32 Å². The zero-order chi connectivity index (χ0) is 14.1. The van der Waals surface area contributed by atoms with Crippen molar-refractivity contribution in [3.05, 3.63) is 60.1 Å². The Hall–Kier alpha value is -2.82. The van der Waals surface area contributed by atoms with E-state index in [1.54, 1.807) is 36.4 Å². The molecule has 0 spiro atoms. The molecule has 0 saturated carbocycles. The number of furan rings is 1. The van der Waals surface area contributed by atoms with Crippen molar-refractivity contribution in [1.29, 1.82) is 0 Å². The van der Waals surface area contributed by atoms with Gasteiger partial charge in [-0.1, -0.05) is 24.3 Å². The van der Waals surface area contributed by atoms with Crippen LogP contribution in [0.3, 0.4) is 0 Å². The number of hydrogen-bond acceptors (Lipinski definition) is 3. The second-order valence-electron chi connectivity index (χ2n) is 4.27. The second-order valence-corrected chi connectivity index (χ2v) is 4.27. The summed E-state index contributed by atoms with van der Waals surface area (Å²) in [6.45, 7) is 0. The molecule has 2 aromatic carbocycles. The third-order valence-electron chi connectivity index (χ3n) is 2.96. The van der Waals surface area contributed by atoms with Gasteiger partial charge < -0.3 is 15.5 Å². The van der Waals surface area contributed by atoms with E-state index in [9.17, 15) is 9.18 Å². The van der Waals surface area contributed by atoms with Crippen LogP contribution in [0.15, 0.2) is 52.9 Å². The smallest absolute Gasteiger partial charge is 0.293 e. The van der Waals surface area contributed by atoms with Crippen molar-refractivity contribution in [2.45, 2.75) is 0 Å². The predicted molar refractivity (Wildman–Crippen MR) is 75.0 cm³/mol. The molecule has 1 heterocycles.